The molecule has 27 heavy (non-hydrogen) atoms. The summed E-state index contributed by atoms with van der Waals surface area (Å²) in [5.41, 5.74) is -0.294. The highest BCUT2D eigenvalue weighted by atomic mass is 32.1. The molecular weight excluding hydrogens is 365 g/mol. The Morgan fingerprint density at radius 3 is 2.44 bits per heavy atom. The molecule has 2 aliphatic rings. The van der Waals surface area contributed by atoms with Gasteiger partial charge < -0.3 is 10.6 Å². The van der Waals surface area contributed by atoms with Crippen LogP contribution in [0.15, 0.2) is 30.5 Å². The zero-order chi connectivity index (χ0) is 19.1. The molecule has 2 amide bonds. The van der Waals surface area contributed by atoms with E-state index in [0.717, 1.165) is 37.1 Å². The number of hydrogen-bond donors (Lipinski definition) is 2. The van der Waals surface area contributed by atoms with Gasteiger partial charge in [0, 0.05) is 16.6 Å². The number of carbonyl (C=O) groups excluding carboxylic acids is 2. The summed E-state index contributed by atoms with van der Waals surface area (Å²) in [7, 11) is 0. The highest BCUT2D eigenvalue weighted by Crippen LogP contribution is 2.48. The molecule has 1 aromatic carbocycles. The van der Waals surface area contributed by atoms with Gasteiger partial charge in [0.25, 0.3) is 11.8 Å². The number of hydrogen-bond acceptors (Lipinski definition) is 4. The monoisotopic (exact) mass is 387 g/mol. The van der Waals surface area contributed by atoms with E-state index in [0.29, 0.717) is 16.9 Å². The normalized spacial score (nSPS) is 26.6. The maximum Gasteiger partial charge on any atom is 0.263 e. The average Bonchev–Trinajstić information content (AvgIpc) is 3.16. The van der Waals surface area contributed by atoms with Crippen molar-refractivity contribution in [1.82, 2.24) is 15.6 Å². The summed E-state index contributed by atoms with van der Waals surface area (Å²) in [5, 5.41) is 7.23. The second-order valence-corrected chi connectivity index (χ2v) is 8.99. The van der Waals surface area contributed by atoms with Gasteiger partial charge in [0.2, 0.25) is 0 Å². The average molecular weight is 387 g/mol. The lowest BCUT2D eigenvalue weighted by atomic mass is 9.78. The van der Waals surface area contributed by atoms with Gasteiger partial charge in [0.1, 0.15) is 10.7 Å². The van der Waals surface area contributed by atoms with Gasteiger partial charge >= 0.3 is 0 Å². The fourth-order valence-electron chi connectivity index (χ4n) is 4.54. The van der Waals surface area contributed by atoms with Gasteiger partial charge in [0.05, 0.1) is 11.2 Å². The summed E-state index contributed by atoms with van der Waals surface area (Å²) in [5.74, 6) is -0.761. The number of amides is 2. The predicted molar refractivity (Wildman–Crippen MR) is 101 cm³/mol. The lowest BCUT2D eigenvalue weighted by Crippen LogP contribution is -2.55. The van der Waals surface area contributed by atoms with Crippen molar-refractivity contribution in [1.29, 1.82) is 0 Å². The molecular formula is C20H22FN3O2S. The van der Waals surface area contributed by atoms with Crippen molar-refractivity contribution < 1.29 is 14.0 Å². The molecule has 5 nitrogen and oxygen atoms in total. The molecule has 2 N–H and O–H groups in total. The van der Waals surface area contributed by atoms with Gasteiger partial charge in [-0.15, -0.1) is 11.3 Å². The van der Waals surface area contributed by atoms with E-state index in [1.165, 1.54) is 23.5 Å². The smallest absolute Gasteiger partial charge is 0.263 e. The Balaban J connectivity index is 1.48. The van der Waals surface area contributed by atoms with Crippen LogP contribution in [0.5, 0.6) is 0 Å². The maximum atomic E-state index is 13.4. The molecule has 2 aromatic rings. The predicted octanol–water partition coefficient (Wildman–Crippen LogP) is 3.60. The van der Waals surface area contributed by atoms with Crippen molar-refractivity contribution in [2.45, 2.75) is 56.5 Å². The first-order chi connectivity index (χ1) is 12.9. The summed E-state index contributed by atoms with van der Waals surface area (Å²) >= 11 is 1.39. The first kappa shape index (κ1) is 18.1. The van der Waals surface area contributed by atoms with Crippen molar-refractivity contribution >= 4 is 23.2 Å². The number of carbonyl (C=O) groups is 2. The van der Waals surface area contributed by atoms with Crippen LogP contribution in [0, 0.1) is 12.7 Å². The third-order valence-electron chi connectivity index (χ3n) is 5.76. The van der Waals surface area contributed by atoms with Crippen molar-refractivity contribution in [2.75, 3.05) is 0 Å². The number of nitrogens with zero attached hydrogens (tertiary/aromatic N) is 1. The highest BCUT2D eigenvalue weighted by Gasteiger charge is 2.52. The number of thiazole rings is 1. The minimum Gasteiger partial charge on any atom is -0.347 e. The van der Waals surface area contributed by atoms with E-state index in [1.807, 2.05) is 6.92 Å². The Morgan fingerprint density at radius 2 is 1.81 bits per heavy atom. The molecule has 0 radical (unpaired) electrons. The van der Waals surface area contributed by atoms with E-state index in [1.54, 1.807) is 18.3 Å². The van der Waals surface area contributed by atoms with Crippen LogP contribution in [0.3, 0.4) is 0 Å². The number of aromatic nitrogens is 1. The van der Waals surface area contributed by atoms with Crippen LogP contribution in [-0.2, 0) is 0 Å². The molecule has 0 aliphatic heterocycles. The molecule has 2 aliphatic carbocycles. The summed E-state index contributed by atoms with van der Waals surface area (Å²) < 4.78 is 13.4. The zero-order valence-electron chi connectivity index (χ0n) is 15.2. The van der Waals surface area contributed by atoms with Gasteiger partial charge in [-0.25, -0.2) is 9.37 Å². The summed E-state index contributed by atoms with van der Waals surface area (Å²) in [6.45, 7) is 1.88. The summed E-state index contributed by atoms with van der Waals surface area (Å²) in [4.78, 5) is 30.0. The lowest BCUT2D eigenvalue weighted by Gasteiger charge is -2.40. The molecule has 7 heteroatoms. The highest BCUT2D eigenvalue weighted by molar-refractivity contribution is 7.13. The van der Waals surface area contributed by atoms with Crippen LogP contribution < -0.4 is 10.6 Å². The minimum atomic E-state index is -0.420. The number of rotatable bonds is 4. The van der Waals surface area contributed by atoms with E-state index in [4.69, 9.17) is 0 Å². The van der Waals surface area contributed by atoms with E-state index in [-0.39, 0.29) is 22.9 Å². The summed E-state index contributed by atoms with van der Waals surface area (Å²) in [6.07, 6.45) is 6.70. The Bertz CT molecular complexity index is 899. The van der Waals surface area contributed by atoms with Crippen molar-refractivity contribution in [3.63, 3.8) is 0 Å². The first-order valence-corrected chi connectivity index (χ1v) is 10.0. The Hall–Kier alpha value is -2.28. The van der Waals surface area contributed by atoms with Crippen LogP contribution >= 0.6 is 11.3 Å². The molecule has 142 valence electrons. The molecule has 1 aromatic heterocycles. The third-order valence-corrected chi connectivity index (χ3v) is 6.67. The van der Waals surface area contributed by atoms with E-state index in [2.05, 4.69) is 15.6 Å². The quantitative estimate of drug-likeness (QED) is 0.842. The molecule has 0 saturated heterocycles. The number of nitrogens with one attached hydrogen (secondary N) is 2. The van der Waals surface area contributed by atoms with Crippen molar-refractivity contribution in [3.05, 3.63) is 51.7 Å². The molecule has 2 fully saturated rings. The fraction of sp³-hybridized carbons (Fsp3) is 0.450. The second-order valence-electron chi connectivity index (χ2n) is 7.75. The Kier molecular flexibility index (Phi) is 4.50. The van der Waals surface area contributed by atoms with E-state index >= 15 is 0 Å². The maximum absolute atomic E-state index is 13.4. The van der Waals surface area contributed by atoms with Gasteiger partial charge in [-0.1, -0.05) is 6.07 Å². The van der Waals surface area contributed by atoms with E-state index < -0.39 is 5.82 Å². The minimum absolute atomic E-state index is 0.0882. The lowest BCUT2D eigenvalue weighted by molar-refractivity contribution is 0.0834. The second kappa shape index (κ2) is 6.71. The van der Waals surface area contributed by atoms with Crippen LogP contribution in [0.1, 0.15) is 63.6 Å². The van der Waals surface area contributed by atoms with Crippen LogP contribution in [0.2, 0.25) is 0 Å². The first-order valence-electron chi connectivity index (χ1n) is 9.22. The molecule has 1 heterocycles. The van der Waals surface area contributed by atoms with Crippen molar-refractivity contribution in [3.8, 4) is 0 Å². The molecule has 2 saturated carbocycles. The van der Waals surface area contributed by atoms with Gasteiger partial charge in [0.15, 0.2) is 0 Å². The van der Waals surface area contributed by atoms with Crippen LogP contribution in [-0.4, -0.2) is 27.9 Å². The fourth-order valence-corrected chi connectivity index (χ4v) is 5.22. The van der Waals surface area contributed by atoms with Gasteiger partial charge in [-0.2, -0.15) is 0 Å². The molecule has 2 bridgehead atoms. The zero-order valence-corrected chi connectivity index (χ0v) is 16.0. The number of fused-ring (bicyclic) bond motifs is 2. The van der Waals surface area contributed by atoms with Gasteiger partial charge in [-0.05, 0) is 63.6 Å². The standard InChI is InChI=1S/C20H22FN3O2S/c1-13-22-11-16(27-13)18(26)24-20-7-3-6-19(12-20,8-9-20)23-17(25)14-4-2-5-15(21)10-14/h2,4-5,10-11H,3,6-9,12H2,1H3,(H,23,25)(H,24,26). The number of aryl methyl sites for hydroxylation is 1. The Morgan fingerprint density at radius 1 is 1.11 bits per heavy atom. The molecule has 0 spiro atoms. The topological polar surface area (TPSA) is 71.1 Å². The SMILES string of the molecule is Cc1ncc(C(=O)NC23CCCC(NC(=O)c4cccc(F)c4)(CC2)C3)s1. The summed E-state index contributed by atoms with van der Waals surface area (Å²) in [6, 6.07) is 5.74. The van der Waals surface area contributed by atoms with Crippen LogP contribution in [0.25, 0.3) is 0 Å². The number of halogens is 1. The van der Waals surface area contributed by atoms with Crippen LogP contribution in [0.4, 0.5) is 4.39 Å². The number of benzene rings is 1. The molecule has 2 atom stereocenters. The van der Waals surface area contributed by atoms with Gasteiger partial charge in [-0.3, -0.25) is 9.59 Å². The molecule has 2 unspecified atom stereocenters. The third kappa shape index (κ3) is 3.60. The Labute approximate surface area is 161 Å². The largest absolute Gasteiger partial charge is 0.347 e. The van der Waals surface area contributed by atoms with Crippen molar-refractivity contribution in [2.24, 2.45) is 0 Å². The van der Waals surface area contributed by atoms with E-state index in [9.17, 15) is 14.0 Å². The molecule has 4 rings (SSSR count).